The van der Waals surface area contributed by atoms with E-state index < -0.39 is 0 Å². The summed E-state index contributed by atoms with van der Waals surface area (Å²) in [6.45, 7) is 7.03. The van der Waals surface area contributed by atoms with Gasteiger partial charge in [0.15, 0.2) is 0 Å². The van der Waals surface area contributed by atoms with Crippen LogP contribution in [-0.4, -0.2) is 25.2 Å². The van der Waals surface area contributed by atoms with Crippen molar-refractivity contribution < 1.29 is 14.3 Å². The Morgan fingerprint density at radius 3 is 2.71 bits per heavy atom. The van der Waals surface area contributed by atoms with Crippen molar-refractivity contribution in [3.05, 3.63) is 45.6 Å². The smallest absolute Gasteiger partial charge is 0.414 e. The van der Waals surface area contributed by atoms with Gasteiger partial charge in [-0.15, -0.1) is 11.3 Å². The summed E-state index contributed by atoms with van der Waals surface area (Å²) >= 11 is 1.51. The Labute approximate surface area is 145 Å². The van der Waals surface area contributed by atoms with Gasteiger partial charge in [0, 0.05) is 10.6 Å². The highest BCUT2D eigenvalue weighted by Gasteiger charge is 2.25. The largest absolute Gasteiger partial charge is 0.447 e. The molecule has 0 unspecified atom stereocenters. The summed E-state index contributed by atoms with van der Waals surface area (Å²) in [5, 5.41) is 2.95. The number of carbonyl (C=O) groups excluding carboxylic acids is 2. The van der Waals surface area contributed by atoms with Crippen LogP contribution in [0.2, 0.25) is 0 Å². The molecule has 3 rings (SSSR count). The van der Waals surface area contributed by atoms with Gasteiger partial charge in [-0.3, -0.25) is 9.69 Å². The summed E-state index contributed by atoms with van der Waals surface area (Å²) < 4.78 is 4.99. The van der Waals surface area contributed by atoms with Crippen molar-refractivity contribution in [2.24, 2.45) is 0 Å². The molecule has 0 bridgehead atoms. The molecule has 0 spiro atoms. The van der Waals surface area contributed by atoms with E-state index in [1.165, 1.54) is 16.2 Å². The van der Waals surface area contributed by atoms with Crippen LogP contribution in [0, 0.1) is 6.92 Å². The maximum atomic E-state index is 12.5. The second kappa shape index (κ2) is 6.65. The lowest BCUT2D eigenvalue weighted by Gasteiger charge is -2.18. The number of benzene rings is 1. The number of nitrogens with zero attached hydrogens (tertiary/aromatic N) is 1. The molecule has 5 nitrogen and oxygen atoms in total. The molecule has 1 fully saturated rings. The van der Waals surface area contributed by atoms with E-state index in [9.17, 15) is 9.59 Å². The van der Waals surface area contributed by atoms with Crippen LogP contribution in [0.15, 0.2) is 30.3 Å². The Balaban J connectivity index is 1.82. The van der Waals surface area contributed by atoms with Gasteiger partial charge in [-0.1, -0.05) is 19.9 Å². The third-order valence-corrected chi connectivity index (χ3v) is 5.41. The molecule has 24 heavy (non-hydrogen) atoms. The molecule has 1 aliphatic heterocycles. The van der Waals surface area contributed by atoms with Crippen LogP contribution < -0.4 is 10.2 Å². The lowest BCUT2D eigenvalue weighted by molar-refractivity contribution is 0.103. The van der Waals surface area contributed by atoms with Gasteiger partial charge in [-0.25, -0.2) is 4.79 Å². The molecule has 0 atom stereocenters. The first kappa shape index (κ1) is 16.5. The zero-order chi connectivity index (χ0) is 17.3. The van der Waals surface area contributed by atoms with Gasteiger partial charge < -0.3 is 10.1 Å². The van der Waals surface area contributed by atoms with Crippen molar-refractivity contribution in [2.75, 3.05) is 23.4 Å². The number of nitrogens with one attached hydrogen (secondary N) is 1. The zero-order valence-corrected chi connectivity index (χ0v) is 14.8. The van der Waals surface area contributed by atoms with E-state index >= 15 is 0 Å². The molecule has 2 heterocycles. The lowest BCUT2D eigenvalue weighted by Crippen LogP contribution is -2.24. The third-order valence-electron chi connectivity index (χ3n) is 4.02. The predicted octanol–water partition coefficient (Wildman–Crippen LogP) is 4.39. The van der Waals surface area contributed by atoms with Crippen LogP contribution in [0.3, 0.4) is 0 Å². The molecule has 0 radical (unpaired) electrons. The molecule has 1 N–H and O–H groups in total. The first-order chi connectivity index (χ1) is 11.5. The summed E-state index contributed by atoms with van der Waals surface area (Å²) in [5.74, 6) is 0.277. The molecular weight excluding hydrogens is 324 g/mol. The van der Waals surface area contributed by atoms with E-state index in [0.29, 0.717) is 29.6 Å². The van der Waals surface area contributed by atoms with E-state index in [-0.39, 0.29) is 12.0 Å². The minimum atomic E-state index is -0.346. The van der Waals surface area contributed by atoms with Gasteiger partial charge in [0.2, 0.25) is 0 Å². The highest BCUT2D eigenvalue weighted by molar-refractivity contribution is 7.14. The molecule has 6 heteroatoms. The molecule has 2 amide bonds. The summed E-state index contributed by atoms with van der Waals surface area (Å²) in [7, 11) is 0. The summed E-state index contributed by atoms with van der Waals surface area (Å²) in [4.78, 5) is 27.7. The number of ether oxygens (including phenoxy) is 1. The van der Waals surface area contributed by atoms with Crippen LogP contribution in [0.1, 0.15) is 39.9 Å². The number of cyclic esters (lactones) is 1. The third kappa shape index (κ3) is 3.14. The normalized spacial score (nSPS) is 14.2. The van der Waals surface area contributed by atoms with Gasteiger partial charge in [-0.2, -0.15) is 0 Å². The predicted molar refractivity (Wildman–Crippen MR) is 96.2 cm³/mol. The topological polar surface area (TPSA) is 58.6 Å². The van der Waals surface area contributed by atoms with Crippen molar-refractivity contribution >= 4 is 34.7 Å². The van der Waals surface area contributed by atoms with Gasteiger partial charge in [-0.05, 0) is 42.7 Å². The van der Waals surface area contributed by atoms with E-state index in [1.807, 2.05) is 37.3 Å². The van der Waals surface area contributed by atoms with Gasteiger partial charge in [0.25, 0.3) is 5.91 Å². The van der Waals surface area contributed by atoms with Crippen LogP contribution in [0.25, 0.3) is 0 Å². The maximum Gasteiger partial charge on any atom is 0.414 e. The van der Waals surface area contributed by atoms with Gasteiger partial charge in [0.05, 0.1) is 17.1 Å². The molecule has 126 valence electrons. The second-order valence-corrected chi connectivity index (χ2v) is 7.14. The van der Waals surface area contributed by atoms with Crippen LogP contribution in [0.5, 0.6) is 0 Å². The maximum absolute atomic E-state index is 12.5. The van der Waals surface area contributed by atoms with E-state index in [2.05, 4.69) is 19.2 Å². The van der Waals surface area contributed by atoms with Crippen molar-refractivity contribution in [3.63, 3.8) is 0 Å². The Morgan fingerprint density at radius 1 is 1.29 bits per heavy atom. The SMILES string of the molecule is Cc1c(NC(=O)c2ccc(C(C)C)s2)cccc1N1CCOC1=O. The Morgan fingerprint density at radius 2 is 2.08 bits per heavy atom. The number of anilines is 2. The van der Waals surface area contributed by atoms with Crippen molar-refractivity contribution in [2.45, 2.75) is 26.7 Å². The highest BCUT2D eigenvalue weighted by atomic mass is 32.1. The zero-order valence-electron chi connectivity index (χ0n) is 14.0. The molecule has 1 aliphatic rings. The van der Waals surface area contributed by atoms with Crippen molar-refractivity contribution in [3.8, 4) is 0 Å². The fourth-order valence-corrected chi connectivity index (χ4v) is 3.54. The fraction of sp³-hybridized carbons (Fsp3) is 0.333. The number of carbonyl (C=O) groups is 2. The Hall–Kier alpha value is -2.34. The molecule has 2 aromatic rings. The number of amides is 2. The standard InChI is InChI=1S/C18H20N2O3S/c1-11(2)15-7-8-16(24-15)17(21)19-13-5-4-6-14(12(13)3)20-9-10-23-18(20)22/h4-8,11H,9-10H2,1-3H3,(H,19,21). The number of hydrogen-bond donors (Lipinski definition) is 1. The minimum Gasteiger partial charge on any atom is -0.447 e. The molecular formula is C18H20N2O3S. The van der Waals surface area contributed by atoms with Crippen LogP contribution in [-0.2, 0) is 4.74 Å². The van der Waals surface area contributed by atoms with Crippen molar-refractivity contribution in [1.29, 1.82) is 0 Å². The Kier molecular flexibility index (Phi) is 4.57. The molecule has 1 saturated heterocycles. The molecule has 1 aromatic heterocycles. The summed E-state index contributed by atoms with van der Waals surface area (Å²) in [5.41, 5.74) is 2.33. The minimum absolute atomic E-state index is 0.129. The first-order valence-electron chi connectivity index (χ1n) is 7.92. The fourth-order valence-electron chi connectivity index (χ4n) is 2.63. The monoisotopic (exact) mass is 344 g/mol. The van der Waals surface area contributed by atoms with E-state index in [1.54, 1.807) is 4.90 Å². The summed E-state index contributed by atoms with van der Waals surface area (Å²) in [6, 6.07) is 9.38. The number of hydrogen-bond acceptors (Lipinski definition) is 4. The molecule has 1 aromatic carbocycles. The lowest BCUT2D eigenvalue weighted by atomic mass is 10.1. The number of thiophene rings is 1. The van der Waals surface area contributed by atoms with E-state index in [4.69, 9.17) is 4.74 Å². The Bertz CT molecular complexity index is 782. The molecule has 0 aliphatic carbocycles. The van der Waals surface area contributed by atoms with Crippen molar-refractivity contribution in [1.82, 2.24) is 0 Å². The van der Waals surface area contributed by atoms with E-state index in [0.717, 1.165) is 11.3 Å². The summed E-state index contributed by atoms with van der Waals surface area (Å²) in [6.07, 6.45) is -0.346. The van der Waals surface area contributed by atoms with Crippen LogP contribution in [0.4, 0.5) is 16.2 Å². The first-order valence-corrected chi connectivity index (χ1v) is 8.74. The van der Waals surface area contributed by atoms with Gasteiger partial charge >= 0.3 is 6.09 Å². The quantitative estimate of drug-likeness (QED) is 0.895. The average molecular weight is 344 g/mol. The van der Waals surface area contributed by atoms with Crippen LogP contribution >= 0.6 is 11.3 Å². The second-order valence-electron chi connectivity index (χ2n) is 6.03. The van der Waals surface area contributed by atoms with Gasteiger partial charge in [0.1, 0.15) is 6.61 Å². The molecule has 0 saturated carbocycles. The highest BCUT2D eigenvalue weighted by Crippen LogP contribution is 2.30. The number of rotatable bonds is 4. The average Bonchev–Trinajstić information content (AvgIpc) is 3.18.